The van der Waals surface area contributed by atoms with Crippen molar-refractivity contribution in [2.24, 2.45) is 0 Å². The zero-order valence-corrected chi connectivity index (χ0v) is 31.7. The number of aliphatic carboxylic acids is 2. The fraction of sp³-hybridized carbons (Fsp3) is 0.625. The molecule has 0 radical (unpaired) electrons. The van der Waals surface area contributed by atoms with E-state index in [0.717, 1.165) is 0 Å². The van der Waals surface area contributed by atoms with Crippen LogP contribution < -0.4 is 10.6 Å². The van der Waals surface area contributed by atoms with Crippen molar-refractivity contribution in [1.82, 2.24) is 30.6 Å². The van der Waals surface area contributed by atoms with Crippen molar-refractivity contribution >= 4 is 71.5 Å². The molecule has 24 heteroatoms. The Labute approximate surface area is 319 Å². The number of hydroxylamine groups is 4. The Kier molecular flexibility index (Phi) is 18.3. The van der Waals surface area contributed by atoms with Gasteiger partial charge >= 0.3 is 36.1 Å². The lowest BCUT2D eigenvalue weighted by Gasteiger charge is -2.23. The predicted molar refractivity (Wildman–Crippen MR) is 180 cm³/mol. The molecule has 0 spiro atoms. The molecular formula is C32H46N6O18. The third-order valence-electron chi connectivity index (χ3n) is 6.41. The smallest absolute Gasteiger partial charge is 0.407 e. The molecule has 0 aliphatic carbocycles. The number of hydrogen-bond acceptors (Lipinski definition) is 16. The Bertz CT molecular complexity index is 1470. The second-order valence-corrected chi connectivity index (χ2v) is 13.7. The van der Waals surface area contributed by atoms with Crippen LogP contribution in [0.4, 0.5) is 9.59 Å². The Morgan fingerprint density at radius 2 is 0.839 bits per heavy atom. The maximum absolute atomic E-state index is 12.6. The topological polar surface area (TPSA) is 319 Å². The minimum atomic E-state index is -1.32. The fourth-order valence-electron chi connectivity index (χ4n) is 4.17. The third kappa shape index (κ3) is 19.1. The lowest BCUT2D eigenvalue weighted by Crippen LogP contribution is -2.45. The summed E-state index contributed by atoms with van der Waals surface area (Å²) in [6.07, 6.45) is -2.69. The van der Waals surface area contributed by atoms with Crippen LogP contribution in [0.3, 0.4) is 0 Å². The first-order chi connectivity index (χ1) is 25.8. The highest BCUT2D eigenvalue weighted by Gasteiger charge is 2.36. The normalized spacial score (nSPS) is 13.9. The van der Waals surface area contributed by atoms with Crippen molar-refractivity contribution in [1.29, 1.82) is 0 Å². The van der Waals surface area contributed by atoms with Gasteiger partial charge in [0.15, 0.2) is 0 Å². The van der Waals surface area contributed by atoms with Crippen LogP contribution in [-0.2, 0) is 67.1 Å². The Morgan fingerprint density at radius 3 is 1.11 bits per heavy atom. The summed E-state index contributed by atoms with van der Waals surface area (Å²) in [7, 11) is 0. The molecule has 2 aliphatic rings. The Morgan fingerprint density at radius 1 is 0.554 bits per heavy atom. The fourth-order valence-corrected chi connectivity index (χ4v) is 4.17. The van der Waals surface area contributed by atoms with Gasteiger partial charge in [0.2, 0.25) is 11.8 Å². The lowest BCUT2D eigenvalue weighted by atomic mass is 10.2. The van der Waals surface area contributed by atoms with Crippen LogP contribution in [0.5, 0.6) is 0 Å². The summed E-state index contributed by atoms with van der Waals surface area (Å²) in [5, 5.41) is 22.4. The van der Waals surface area contributed by atoms with Crippen LogP contribution in [0, 0.1) is 0 Å². The highest BCUT2D eigenvalue weighted by molar-refractivity contribution is 6.02. The molecule has 2 saturated heterocycles. The largest absolute Gasteiger partial charge is 0.480 e. The van der Waals surface area contributed by atoms with Gasteiger partial charge < -0.3 is 49.8 Å². The van der Waals surface area contributed by atoms with E-state index in [1.165, 1.54) is 0 Å². The molecule has 2 heterocycles. The van der Waals surface area contributed by atoms with Crippen LogP contribution >= 0.6 is 0 Å². The van der Waals surface area contributed by atoms with Crippen molar-refractivity contribution in [3.63, 3.8) is 0 Å². The van der Waals surface area contributed by atoms with Gasteiger partial charge in [0.1, 0.15) is 37.4 Å². The minimum absolute atomic E-state index is 0.0799. The zero-order valence-electron chi connectivity index (χ0n) is 31.7. The SMILES string of the molecule is CC(C)(C)OC(=O)NCCC(=O)N(CC(=O)O)CC(=O)O.CC(C)(C)OC(=O)NCCC(=O)N(CC(=O)ON1C(=O)CCC1=O)CC(=O)ON1C(=O)CCC1=O. The van der Waals surface area contributed by atoms with Gasteiger partial charge in [-0.05, 0) is 41.5 Å². The molecule has 24 nitrogen and oxygen atoms in total. The van der Waals surface area contributed by atoms with Crippen LogP contribution in [0.1, 0.15) is 80.1 Å². The number of alkyl carbamates (subject to hydrolysis) is 2. The maximum Gasteiger partial charge on any atom is 0.407 e. The van der Waals surface area contributed by atoms with Gasteiger partial charge in [-0.25, -0.2) is 19.2 Å². The summed E-state index contributed by atoms with van der Waals surface area (Å²) in [5.74, 6) is -9.52. The monoisotopic (exact) mass is 802 g/mol. The molecule has 0 aromatic heterocycles. The molecule has 2 aliphatic heterocycles. The van der Waals surface area contributed by atoms with E-state index >= 15 is 0 Å². The summed E-state index contributed by atoms with van der Waals surface area (Å²) in [4.78, 5) is 150. The van der Waals surface area contributed by atoms with Gasteiger partial charge in [0.25, 0.3) is 23.6 Å². The van der Waals surface area contributed by atoms with Crippen LogP contribution in [0.2, 0.25) is 0 Å². The van der Waals surface area contributed by atoms with Gasteiger partial charge in [0.05, 0.1) is 0 Å². The average Bonchev–Trinajstić information content (AvgIpc) is 3.52. The number of nitrogens with zero attached hydrogens (tertiary/aromatic N) is 4. The molecule has 8 amide bonds. The number of ether oxygens (including phenoxy) is 2. The van der Waals surface area contributed by atoms with Crippen molar-refractivity contribution in [3.8, 4) is 0 Å². The van der Waals surface area contributed by atoms with Gasteiger partial charge in [-0.2, -0.15) is 0 Å². The molecular weight excluding hydrogens is 756 g/mol. The Hall–Kier alpha value is -6.36. The zero-order chi connectivity index (χ0) is 43.0. The molecule has 312 valence electrons. The number of carboxylic acid groups (broad SMARTS) is 2. The molecule has 0 atom stereocenters. The van der Waals surface area contributed by atoms with Crippen molar-refractivity contribution in [2.75, 3.05) is 39.3 Å². The van der Waals surface area contributed by atoms with E-state index in [0.29, 0.717) is 9.80 Å². The second-order valence-electron chi connectivity index (χ2n) is 13.7. The van der Waals surface area contributed by atoms with E-state index in [1.54, 1.807) is 41.5 Å². The number of carbonyl (C=O) groups excluding carboxylic acids is 10. The molecule has 2 rings (SSSR count). The summed E-state index contributed by atoms with van der Waals surface area (Å²) in [5.41, 5.74) is -1.45. The highest BCUT2D eigenvalue weighted by atomic mass is 16.7. The minimum Gasteiger partial charge on any atom is -0.480 e. The quantitative estimate of drug-likeness (QED) is 0.134. The molecule has 56 heavy (non-hydrogen) atoms. The van der Waals surface area contributed by atoms with Crippen molar-refractivity contribution in [3.05, 3.63) is 0 Å². The number of hydrogen-bond donors (Lipinski definition) is 4. The van der Waals surface area contributed by atoms with E-state index in [9.17, 15) is 57.5 Å². The molecule has 4 N–H and O–H groups in total. The van der Waals surface area contributed by atoms with Crippen LogP contribution in [-0.4, -0.2) is 152 Å². The number of nitrogens with one attached hydrogen (secondary N) is 2. The average molecular weight is 803 g/mol. The lowest BCUT2D eigenvalue weighted by molar-refractivity contribution is -0.201. The van der Waals surface area contributed by atoms with E-state index in [-0.39, 0.29) is 61.7 Å². The molecule has 2 fully saturated rings. The van der Waals surface area contributed by atoms with Crippen molar-refractivity contribution < 1.29 is 86.9 Å². The standard InChI is InChI=1S/C20H26N4O11.C12H20N2O7/c1-20(2,3)33-19(32)21-9-8-12(25)22(10-17(30)34-23-13(26)4-5-14(23)27)11-18(31)35-24-15(28)6-7-16(24)29;1-12(2,3)21-11(20)13-5-4-8(15)14(6-9(16)17)7-10(18)19/h4-11H2,1-3H3,(H,21,32);4-7H2,1-3H3,(H,13,20)(H,16,17)(H,18,19). The number of carboxylic acids is 2. The number of amides is 8. The van der Waals surface area contributed by atoms with Gasteiger partial charge in [-0.1, -0.05) is 0 Å². The summed E-state index contributed by atoms with van der Waals surface area (Å²) in [6, 6.07) is 0. The van der Waals surface area contributed by atoms with Crippen LogP contribution in [0.15, 0.2) is 0 Å². The molecule has 0 unspecified atom stereocenters. The maximum atomic E-state index is 12.6. The third-order valence-corrected chi connectivity index (χ3v) is 6.41. The Balaban J connectivity index is 0.000000640. The number of imide groups is 2. The van der Waals surface area contributed by atoms with E-state index in [1.807, 2.05) is 0 Å². The first-order valence-electron chi connectivity index (χ1n) is 16.8. The molecule has 0 aromatic rings. The van der Waals surface area contributed by atoms with E-state index < -0.39 is 109 Å². The van der Waals surface area contributed by atoms with Gasteiger partial charge in [0, 0.05) is 51.6 Å². The van der Waals surface area contributed by atoms with Crippen LogP contribution in [0.25, 0.3) is 0 Å². The number of carbonyl (C=O) groups is 12. The molecule has 0 aromatic carbocycles. The second kappa shape index (κ2) is 21.5. The highest BCUT2D eigenvalue weighted by Crippen LogP contribution is 2.14. The summed E-state index contributed by atoms with van der Waals surface area (Å²) in [6.45, 7) is 6.49. The van der Waals surface area contributed by atoms with Gasteiger partial charge in [-0.3, -0.25) is 38.4 Å². The first-order valence-corrected chi connectivity index (χ1v) is 16.8. The molecule has 0 bridgehead atoms. The predicted octanol–water partition coefficient (Wildman–Crippen LogP) is -1.16. The summed E-state index contributed by atoms with van der Waals surface area (Å²) < 4.78 is 9.98. The summed E-state index contributed by atoms with van der Waals surface area (Å²) >= 11 is 0. The van der Waals surface area contributed by atoms with Crippen molar-refractivity contribution in [2.45, 2.75) is 91.3 Å². The van der Waals surface area contributed by atoms with E-state index in [4.69, 9.17) is 29.4 Å². The van der Waals surface area contributed by atoms with E-state index in [2.05, 4.69) is 10.6 Å². The molecule has 0 saturated carbocycles. The first kappa shape index (κ1) is 47.7. The van der Waals surface area contributed by atoms with Gasteiger partial charge in [-0.15, -0.1) is 10.1 Å². The number of rotatable bonds is 16.